The predicted octanol–water partition coefficient (Wildman–Crippen LogP) is 2.74. The number of nitrogens with one attached hydrogen (secondary N) is 1. The molecule has 2 aliphatic rings. The van der Waals surface area contributed by atoms with Crippen LogP contribution in [0.4, 0.5) is 0 Å². The Hall–Kier alpha value is -0.0800. The van der Waals surface area contributed by atoms with Crippen LogP contribution in [-0.4, -0.2) is 36.6 Å². The van der Waals surface area contributed by atoms with E-state index >= 15 is 0 Å². The van der Waals surface area contributed by atoms with Crippen molar-refractivity contribution in [1.29, 1.82) is 0 Å². The minimum atomic E-state index is 0.729. The van der Waals surface area contributed by atoms with E-state index in [0.29, 0.717) is 0 Å². The van der Waals surface area contributed by atoms with Gasteiger partial charge in [-0.05, 0) is 37.0 Å². The van der Waals surface area contributed by atoms with E-state index in [1.807, 2.05) is 0 Å². The average molecular weight is 238 g/mol. The molecule has 0 radical (unpaired) electrons. The van der Waals surface area contributed by atoms with Crippen molar-refractivity contribution in [3.8, 4) is 0 Å². The van der Waals surface area contributed by atoms with E-state index in [1.165, 1.54) is 38.9 Å². The van der Waals surface area contributed by atoms with Crippen LogP contribution in [0, 0.1) is 17.8 Å². The van der Waals surface area contributed by atoms with Gasteiger partial charge in [0.1, 0.15) is 0 Å². The lowest BCUT2D eigenvalue weighted by molar-refractivity contribution is 0.109. The van der Waals surface area contributed by atoms with Gasteiger partial charge in [-0.25, -0.2) is 0 Å². The summed E-state index contributed by atoms with van der Waals surface area (Å²) in [6, 6.07) is 1.59. The molecule has 1 saturated heterocycles. The average Bonchev–Trinajstić information content (AvgIpc) is 2.59. The van der Waals surface area contributed by atoms with Crippen LogP contribution in [0.15, 0.2) is 0 Å². The van der Waals surface area contributed by atoms with E-state index < -0.39 is 0 Å². The lowest BCUT2D eigenvalue weighted by Crippen LogP contribution is -2.55. The Morgan fingerprint density at radius 3 is 2.59 bits per heavy atom. The number of hydrogen-bond donors (Lipinski definition) is 1. The summed E-state index contributed by atoms with van der Waals surface area (Å²) >= 11 is 0. The first-order valence-electron chi connectivity index (χ1n) is 7.55. The smallest absolute Gasteiger partial charge is 0.0198 e. The predicted molar refractivity (Wildman–Crippen MR) is 74.2 cm³/mol. The van der Waals surface area contributed by atoms with Gasteiger partial charge in [-0.15, -0.1) is 0 Å². The maximum absolute atomic E-state index is 3.69. The van der Waals surface area contributed by atoms with Crippen molar-refractivity contribution in [2.75, 3.05) is 19.6 Å². The summed E-state index contributed by atoms with van der Waals surface area (Å²) in [5.41, 5.74) is 0. The summed E-state index contributed by atoms with van der Waals surface area (Å²) in [7, 11) is 0. The van der Waals surface area contributed by atoms with Crippen LogP contribution >= 0.6 is 0 Å². The van der Waals surface area contributed by atoms with Crippen molar-refractivity contribution >= 4 is 0 Å². The molecule has 17 heavy (non-hydrogen) atoms. The summed E-state index contributed by atoms with van der Waals surface area (Å²) in [6.07, 6.45) is 4.19. The minimum Gasteiger partial charge on any atom is -0.311 e. The van der Waals surface area contributed by atoms with Gasteiger partial charge in [0, 0.05) is 31.7 Å². The van der Waals surface area contributed by atoms with Crippen LogP contribution in [0.2, 0.25) is 0 Å². The summed E-state index contributed by atoms with van der Waals surface area (Å²) < 4.78 is 0. The molecular formula is C15H30N2. The molecule has 0 amide bonds. The summed E-state index contributed by atoms with van der Waals surface area (Å²) in [5, 5.41) is 3.69. The molecule has 1 saturated carbocycles. The van der Waals surface area contributed by atoms with Crippen molar-refractivity contribution in [3.63, 3.8) is 0 Å². The Morgan fingerprint density at radius 1 is 1.24 bits per heavy atom. The molecule has 100 valence electrons. The zero-order valence-corrected chi connectivity index (χ0v) is 12.1. The lowest BCUT2D eigenvalue weighted by Gasteiger charge is -2.40. The molecule has 1 aliphatic heterocycles. The molecule has 1 heterocycles. The topological polar surface area (TPSA) is 15.3 Å². The van der Waals surface area contributed by atoms with E-state index in [9.17, 15) is 0 Å². The van der Waals surface area contributed by atoms with Gasteiger partial charge in [-0.2, -0.15) is 0 Å². The molecule has 0 spiro atoms. The number of rotatable bonds is 3. The fraction of sp³-hybridized carbons (Fsp3) is 1.00. The van der Waals surface area contributed by atoms with Crippen LogP contribution in [0.25, 0.3) is 0 Å². The van der Waals surface area contributed by atoms with Gasteiger partial charge in [0.2, 0.25) is 0 Å². The van der Waals surface area contributed by atoms with Crippen LogP contribution in [-0.2, 0) is 0 Å². The molecule has 0 aromatic rings. The molecule has 2 fully saturated rings. The SMILES string of the molecule is CC(C)CC1CN(C2CCC(C)C2C)CCN1. The van der Waals surface area contributed by atoms with Gasteiger partial charge in [0.25, 0.3) is 0 Å². The second-order valence-electron chi connectivity index (χ2n) is 6.76. The fourth-order valence-corrected chi connectivity index (χ4v) is 3.73. The number of piperazine rings is 1. The highest BCUT2D eigenvalue weighted by Gasteiger charge is 2.35. The highest BCUT2D eigenvalue weighted by Crippen LogP contribution is 2.35. The van der Waals surface area contributed by atoms with Gasteiger partial charge >= 0.3 is 0 Å². The first-order chi connectivity index (χ1) is 8.08. The van der Waals surface area contributed by atoms with Gasteiger partial charge in [-0.3, -0.25) is 4.90 Å². The zero-order chi connectivity index (χ0) is 12.4. The summed E-state index contributed by atoms with van der Waals surface area (Å²) in [5.74, 6) is 2.64. The Bertz CT molecular complexity index is 239. The summed E-state index contributed by atoms with van der Waals surface area (Å²) in [4.78, 5) is 2.78. The second kappa shape index (κ2) is 5.71. The van der Waals surface area contributed by atoms with E-state index in [0.717, 1.165) is 29.8 Å². The third-order valence-corrected chi connectivity index (χ3v) is 4.93. The lowest BCUT2D eigenvalue weighted by atomic mass is 9.95. The third-order valence-electron chi connectivity index (χ3n) is 4.93. The molecular weight excluding hydrogens is 208 g/mol. The molecule has 0 aromatic heterocycles. The molecule has 1 aliphatic carbocycles. The number of nitrogens with zero attached hydrogens (tertiary/aromatic N) is 1. The van der Waals surface area contributed by atoms with E-state index in [2.05, 4.69) is 37.9 Å². The largest absolute Gasteiger partial charge is 0.311 e. The van der Waals surface area contributed by atoms with E-state index in [-0.39, 0.29) is 0 Å². The highest BCUT2D eigenvalue weighted by molar-refractivity contribution is 4.91. The maximum Gasteiger partial charge on any atom is 0.0198 e. The van der Waals surface area contributed by atoms with E-state index in [4.69, 9.17) is 0 Å². The molecule has 2 heteroatoms. The first-order valence-corrected chi connectivity index (χ1v) is 7.55. The second-order valence-corrected chi connectivity index (χ2v) is 6.76. The molecule has 1 N–H and O–H groups in total. The molecule has 0 bridgehead atoms. The van der Waals surface area contributed by atoms with Gasteiger partial charge in [-0.1, -0.05) is 27.7 Å². The van der Waals surface area contributed by atoms with Gasteiger partial charge < -0.3 is 5.32 Å². The first kappa shape index (κ1) is 13.4. The van der Waals surface area contributed by atoms with E-state index in [1.54, 1.807) is 0 Å². The molecule has 4 atom stereocenters. The quantitative estimate of drug-likeness (QED) is 0.813. The van der Waals surface area contributed by atoms with Crippen LogP contribution < -0.4 is 5.32 Å². The Balaban J connectivity index is 1.89. The highest BCUT2D eigenvalue weighted by atomic mass is 15.2. The van der Waals surface area contributed by atoms with Gasteiger partial charge in [0.15, 0.2) is 0 Å². The van der Waals surface area contributed by atoms with Crippen molar-refractivity contribution in [2.24, 2.45) is 17.8 Å². The Morgan fingerprint density at radius 2 is 2.00 bits per heavy atom. The fourth-order valence-electron chi connectivity index (χ4n) is 3.73. The van der Waals surface area contributed by atoms with Crippen molar-refractivity contribution in [1.82, 2.24) is 10.2 Å². The van der Waals surface area contributed by atoms with Crippen LogP contribution in [0.1, 0.15) is 47.0 Å². The molecule has 4 unspecified atom stereocenters. The van der Waals surface area contributed by atoms with Gasteiger partial charge in [0.05, 0.1) is 0 Å². The third kappa shape index (κ3) is 3.23. The van der Waals surface area contributed by atoms with Crippen molar-refractivity contribution in [2.45, 2.75) is 59.0 Å². The van der Waals surface area contributed by atoms with Crippen LogP contribution in [0.5, 0.6) is 0 Å². The molecule has 2 rings (SSSR count). The molecule has 0 aromatic carbocycles. The Labute approximate surface area is 107 Å². The molecule has 2 nitrogen and oxygen atoms in total. The van der Waals surface area contributed by atoms with Crippen LogP contribution in [0.3, 0.4) is 0 Å². The Kier molecular flexibility index (Phi) is 4.48. The zero-order valence-electron chi connectivity index (χ0n) is 12.1. The van der Waals surface area contributed by atoms with Crippen molar-refractivity contribution < 1.29 is 0 Å². The maximum atomic E-state index is 3.69. The van der Waals surface area contributed by atoms with Crippen molar-refractivity contribution in [3.05, 3.63) is 0 Å². The number of hydrogen-bond acceptors (Lipinski definition) is 2. The summed E-state index contributed by atoms with van der Waals surface area (Å²) in [6.45, 7) is 13.3. The normalized spacial score (nSPS) is 40.1. The minimum absolute atomic E-state index is 0.729. The standard InChI is InChI=1S/C15H30N2/c1-11(2)9-14-10-17(8-7-16-14)15-6-5-12(3)13(15)4/h11-16H,5-10H2,1-4H3. The monoisotopic (exact) mass is 238 g/mol.